The van der Waals surface area contributed by atoms with Crippen molar-refractivity contribution in [1.82, 2.24) is 0 Å². The van der Waals surface area contributed by atoms with E-state index in [0.29, 0.717) is 32.6 Å². The number of nitrogens with one attached hydrogen (secondary N) is 1. The molecule has 150 valence electrons. The van der Waals surface area contributed by atoms with Crippen LogP contribution in [0, 0.1) is 0 Å². The first-order valence-corrected chi connectivity index (χ1v) is 9.23. The summed E-state index contributed by atoms with van der Waals surface area (Å²) in [5.41, 5.74) is 2.02. The van der Waals surface area contributed by atoms with E-state index in [1.54, 1.807) is 6.07 Å². The number of anilines is 2. The number of carbonyl (C=O) groups is 3. The van der Waals surface area contributed by atoms with Gasteiger partial charge in [0, 0.05) is 41.5 Å². The molecule has 1 heterocycles. The smallest absolute Gasteiger partial charge is 0.335 e. The van der Waals surface area contributed by atoms with Gasteiger partial charge in [-0.1, -0.05) is 23.2 Å². The Morgan fingerprint density at radius 3 is 2.38 bits per heavy atom. The summed E-state index contributed by atoms with van der Waals surface area (Å²) in [7, 11) is 1.54. The third kappa shape index (κ3) is 4.36. The fourth-order valence-electron chi connectivity index (χ4n) is 3.06. The molecular formula is C20H16Cl2N2O5. The fraction of sp³-hybridized carbons (Fsp3) is 0.150. The van der Waals surface area contributed by atoms with Crippen molar-refractivity contribution in [2.45, 2.75) is 12.5 Å². The summed E-state index contributed by atoms with van der Waals surface area (Å²) in [6.45, 7) is 0. The highest BCUT2D eigenvalue weighted by molar-refractivity contribution is 6.36. The van der Waals surface area contributed by atoms with Gasteiger partial charge in [-0.05, 0) is 42.0 Å². The lowest BCUT2D eigenvalue weighted by Crippen LogP contribution is -2.33. The maximum Gasteiger partial charge on any atom is 0.335 e. The van der Waals surface area contributed by atoms with Crippen LogP contribution in [-0.4, -0.2) is 41.1 Å². The summed E-state index contributed by atoms with van der Waals surface area (Å²) in [5.74, 6) is -2.54. The maximum atomic E-state index is 12.8. The van der Waals surface area contributed by atoms with Gasteiger partial charge in [0.2, 0.25) is 0 Å². The zero-order chi connectivity index (χ0) is 21.3. The fourth-order valence-corrected chi connectivity index (χ4v) is 3.67. The van der Waals surface area contributed by atoms with E-state index in [1.165, 1.54) is 48.4 Å². The van der Waals surface area contributed by atoms with E-state index in [2.05, 4.69) is 5.32 Å². The molecule has 9 heteroatoms. The van der Waals surface area contributed by atoms with Gasteiger partial charge in [-0.25, -0.2) is 9.59 Å². The number of benzene rings is 2. The molecule has 0 bridgehead atoms. The normalized spacial score (nSPS) is 16.7. The minimum atomic E-state index is -1.07. The van der Waals surface area contributed by atoms with Crippen LogP contribution < -0.4 is 10.2 Å². The van der Waals surface area contributed by atoms with Crippen LogP contribution in [0.15, 0.2) is 42.5 Å². The van der Waals surface area contributed by atoms with Crippen molar-refractivity contribution >= 4 is 58.0 Å². The number of likely N-dealkylation sites (N-methyl/N-ethyl adjacent to an activating group) is 1. The molecule has 3 rings (SSSR count). The number of carbonyl (C=O) groups excluding carboxylic acids is 1. The summed E-state index contributed by atoms with van der Waals surface area (Å²) in [4.78, 5) is 36.6. The van der Waals surface area contributed by atoms with Gasteiger partial charge < -0.3 is 20.4 Å². The second-order valence-electron chi connectivity index (χ2n) is 6.47. The molecule has 0 aromatic heterocycles. The van der Waals surface area contributed by atoms with Crippen LogP contribution in [0.5, 0.6) is 0 Å². The number of carboxylic acids is 2. The Labute approximate surface area is 176 Å². The minimum absolute atomic E-state index is 0.0568. The van der Waals surface area contributed by atoms with Crippen molar-refractivity contribution in [1.29, 1.82) is 0 Å². The standard InChI is InChI=1S/C20H16Cl2N2O5/c1-24(13-4-2-10(3-5-13)19(26)27)17(25)7-11-6-16(20(28)29)23-15-9-12(21)8-14(22)18(11)15/h2-5,7-9,16,23H,6H2,1H3,(H,26,27)(H,28,29). The summed E-state index contributed by atoms with van der Waals surface area (Å²) in [6.07, 6.45) is 1.39. The Morgan fingerprint density at radius 2 is 1.79 bits per heavy atom. The molecule has 1 unspecified atom stereocenters. The first-order valence-electron chi connectivity index (χ1n) is 8.47. The summed E-state index contributed by atoms with van der Waals surface area (Å²) in [5, 5.41) is 21.9. The van der Waals surface area contributed by atoms with E-state index in [9.17, 15) is 19.5 Å². The molecule has 0 radical (unpaired) electrons. The van der Waals surface area contributed by atoms with Crippen LogP contribution >= 0.6 is 23.2 Å². The van der Waals surface area contributed by atoms with Crippen LogP contribution in [0.2, 0.25) is 10.0 Å². The van der Waals surface area contributed by atoms with Crippen LogP contribution in [0.1, 0.15) is 22.3 Å². The van der Waals surface area contributed by atoms with Crippen molar-refractivity contribution < 1.29 is 24.6 Å². The zero-order valence-corrected chi connectivity index (χ0v) is 16.7. The zero-order valence-electron chi connectivity index (χ0n) is 15.1. The van der Waals surface area contributed by atoms with E-state index < -0.39 is 23.9 Å². The number of rotatable bonds is 4. The van der Waals surface area contributed by atoms with Gasteiger partial charge in [0.25, 0.3) is 5.91 Å². The van der Waals surface area contributed by atoms with E-state index in [4.69, 9.17) is 28.3 Å². The van der Waals surface area contributed by atoms with Crippen molar-refractivity contribution in [2.24, 2.45) is 0 Å². The van der Waals surface area contributed by atoms with E-state index in [0.717, 1.165) is 0 Å². The average Bonchev–Trinajstić information content (AvgIpc) is 2.66. The Bertz CT molecular complexity index is 1030. The first kappa shape index (κ1) is 20.7. The molecule has 2 aromatic rings. The Hall–Kier alpha value is -3.03. The van der Waals surface area contributed by atoms with Crippen LogP contribution in [0.4, 0.5) is 11.4 Å². The molecule has 0 saturated heterocycles. The first-order chi connectivity index (χ1) is 13.7. The molecule has 2 aromatic carbocycles. The predicted octanol–water partition coefficient (Wildman–Crippen LogP) is 4.01. The largest absolute Gasteiger partial charge is 0.480 e. The Balaban J connectivity index is 1.96. The Kier molecular flexibility index (Phi) is 5.81. The van der Waals surface area contributed by atoms with Crippen molar-refractivity contribution in [3.63, 3.8) is 0 Å². The van der Waals surface area contributed by atoms with Gasteiger partial charge in [-0.3, -0.25) is 4.79 Å². The number of aromatic carboxylic acids is 1. The Morgan fingerprint density at radius 1 is 1.14 bits per heavy atom. The summed E-state index contributed by atoms with van der Waals surface area (Å²) in [6, 6.07) is 7.98. The number of halogens is 2. The molecule has 0 spiro atoms. The molecule has 0 saturated carbocycles. The number of carboxylic acid groups (broad SMARTS) is 2. The van der Waals surface area contributed by atoms with E-state index in [1.807, 2.05) is 0 Å². The van der Waals surface area contributed by atoms with Gasteiger partial charge in [0.1, 0.15) is 6.04 Å². The number of hydrogen-bond donors (Lipinski definition) is 3. The lowest BCUT2D eigenvalue weighted by Gasteiger charge is -2.28. The van der Waals surface area contributed by atoms with Crippen LogP contribution in [0.3, 0.4) is 0 Å². The van der Waals surface area contributed by atoms with Crippen molar-refractivity contribution in [2.75, 3.05) is 17.3 Å². The highest BCUT2D eigenvalue weighted by atomic mass is 35.5. The molecule has 0 fully saturated rings. The lowest BCUT2D eigenvalue weighted by molar-refractivity contribution is -0.137. The number of nitrogens with zero attached hydrogens (tertiary/aromatic N) is 1. The number of fused-ring (bicyclic) bond motifs is 1. The van der Waals surface area contributed by atoms with Gasteiger partial charge in [-0.2, -0.15) is 0 Å². The van der Waals surface area contributed by atoms with Crippen LogP contribution in [0.25, 0.3) is 5.57 Å². The van der Waals surface area contributed by atoms with Gasteiger partial charge in [0.05, 0.1) is 10.6 Å². The van der Waals surface area contributed by atoms with Gasteiger partial charge in [-0.15, -0.1) is 0 Å². The maximum absolute atomic E-state index is 12.8. The minimum Gasteiger partial charge on any atom is -0.480 e. The molecule has 1 atom stereocenters. The molecule has 3 N–H and O–H groups in total. The number of hydrogen-bond acceptors (Lipinski definition) is 4. The molecule has 1 amide bonds. The molecule has 7 nitrogen and oxygen atoms in total. The second-order valence-corrected chi connectivity index (χ2v) is 7.31. The summed E-state index contributed by atoms with van der Waals surface area (Å²) < 4.78 is 0. The third-order valence-corrected chi connectivity index (χ3v) is 5.07. The second kappa shape index (κ2) is 8.14. The van der Waals surface area contributed by atoms with Crippen molar-refractivity contribution in [3.05, 3.63) is 63.6 Å². The number of amides is 1. The van der Waals surface area contributed by atoms with E-state index in [-0.39, 0.29) is 12.0 Å². The lowest BCUT2D eigenvalue weighted by atomic mass is 9.91. The molecule has 1 aliphatic heterocycles. The average molecular weight is 435 g/mol. The van der Waals surface area contributed by atoms with Gasteiger partial charge in [0.15, 0.2) is 0 Å². The van der Waals surface area contributed by atoms with Gasteiger partial charge >= 0.3 is 11.9 Å². The van der Waals surface area contributed by atoms with E-state index >= 15 is 0 Å². The molecule has 0 aliphatic carbocycles. The summed E-state index contributed by atoms with van der Waals surface area (Å²) >= 11 is 12.3. The third-order valence-electron chi connectivity index (χ3n) is 4.56. The SMILES string of the molecule is CN(C(=O)C=C1CC(C(=O)O)Nc2cc(Cl)cc(Cl)c21)c1ccc(C(=O)O)cc1. The monoisotopic (exact) mass is 434 g/mol. The molecule has 1 aliphatic rings. The van der Waals surface area contributed by atoms with Crippen LogP contribution in [-0.2, 0) is 9.59 Å². The highest BCUT2D eigenvalue weighted by Gasteiger charge is 2.29. The highest BCUT2D eigenvalue weighted by Crippen LogP contribution is 2.40. The van der Waals surface area contributed by atoms with Crippen molar-refractivity contribution in [3.8, 4) is 0 Å². The number of aliphatic carboxylic acids is 1. The quantitative estimate of drug-likeness (QED) is 0.627. The molecule has 29 heavy (non-hydrogen) atoms. The predicted molar refractivity (Wildman–Crippen MR) is 111 cm³/mol. The molecular weight excluding hydrogens is 419 g/mol. The topological polar surface area (TPSA) is 107 Å².